The highest BCUT2D eigenvalue weighted by atomic mass is 28.4. The largest absolute Gasteiger partial charge is 0.500 e. The topological polar surface area (TPSA) is 109 Å². The Morgan fingerprint density at radius 2 is 0.532 bits per heavy atom. The predicted octanol–water partition coefficient (Wildman–Crippen LogP) is 13.7. The van der Waals surface area contributed by atoms with E-state index in [2.05, 4.69) is 6.92 Å². The van der Waals surface area contributed by atoms with Gasteiger partial charge >= 0.3 is 32.4 Å². The molecule has 0 aromatic carbocycles. The van der Waals surface area contributed by atoms with Gasteiger partial charge in [-0.25, -0.2) is 0 Å². The minimum Gasteiger partial charge on any atom is -0.465 e. The Morgan fingerprint density at radius 1 is 0.323 bits per heavy atom. The summed E-state index contributed by atoms with van der Waals surface area (Å²) in [6, 6.07) is 1.76. The highest BCUT2D eigenvalue weighted by Crippen LogP contribution is 2.41. The molecule has 0 rings (SSSR count). The first-order chi connectivity index (χ1) is 30.1. The van der Waals surface area contributed by atoms with Crippen LogP contribution in [0.5, 0.6) is 0 Å². The molecule has 11 nitrogen and oxygen atoms in total. The van der Waals surface area contributed by atoms with Crippen LogP contribution in [0, 0.1) is 5.41 Å². The van der Waals surface area contributed by atoms with Crippen molar-refractivity contribution in [3.8, 4) is 0 Å². The summed E-state index contributed by atoms with van der Waals surface area (Å²) in [7, 11) is 6.09. The first kappa shape index (κ1) is 61.8. The molecule has 0 saturated carbocycles. The maximum atomic E-state index is 14.3. The Kier molecular flexibility index (Phi) is 40.8. The van der Waals surface area contributed by atoms with Crippen LogP contribution in [-0.2, 0) is 49.4 Å². The van der Waals surface area contributed by atoms with Gasteiger partial charge < -0.3 is 44.6 Å². The Labute approximate surface area is 386 Å². The molecule has 0 aromatic heterocycles. The molecule has 0 unspecified atom stereocenters. The van der Waals surface area contributed by atoms with Gasteiger partial charge in [0.25, 0.3) is 0 Å². The number of unbranched alkanes of at least 4 members (excludes halogenated alkanes) is 25. The first-order valence-corrected chi connectivity index (χ1v) is 31.1. The molecule has 0 N–H and O–H groups in total. The van der Waals surface area contributed by atoms with Crippen molar-refractivity contribution in [3.05, 3.63) is 0 Å². The fraction of sp³-hybridized carbons (Fsp3) is 0.979. The number of esters is 1. The third-order valence-electron chi connectivity index (χ3n) is 13.4. The molecule has 0 radical (unpaired) electrons. The van der Waals surface area contributed by atoms with Gasteiger partial charge in [0.2, 0.25) is 0 Å². The van der Waals surface area contributed by atoms with Crippen LogP contribution in [0.25, 0.3) is 0 Å². The van der Waals surface area contributed by atoms with E-state index >= 15 is 0 Å². The third kappa shape index (κ3) is 28.1. The summed E-state index contributed by atoms with van der Waals surface area (Å²) in [5.74, 6) is -0.157. The second-order valence-electron chi connectivity index (χ2n) is 17.7. The smallest absolute Gasteiger partial charge is 0.465 e. The van der Waals surface area contributed by atoms with E-state index in [1.54, 1.807) is 64.0 Å². The highest BCUT2D eigenvalue weighted by Gasteiger charge is 2.46. The lowest BCUT2D eigenvalue weighted by atomic mass is 9.75. The van der Waals surface area contributed by atoms with Crippen molar-refractivity contribution in [1.29, 1.82) is 0 Å². The summed E-state index contributed by atoms with van der Waals surface area (Å²) in [5, 5.41) is 0. The molecule has 0 heterocycles. The van der Waals surface area contributed by atoms with E-state index in [4.69, 9.17) is 44.6 Å². The van der Waals surface area contributed by atoms with Crippen LogP contribution in [0.2, 0.25) is 18.1 Å². The lowest BCUT2D eigenvalue weighted by molar-refractivity contribution is -0.158. The van der Waals surface area contributed by atoms with E-state index < -0.39 is 31.8 Å². The van der Waals surface area contributed by atoms with Gasteiger partial charge in [0.1, 0.15) is 0 Å². The van der Waals surface area contributed by atoms with E-state index in [9.17, 15) is 4.79 Å². The van der Waals surface area contributed by atoms with Gasteiger partial charge in [0.15, 0.2) is 0 Å². The maximum absolute atomic E-state index is 14.3. The van der Waals surface area contributed by atoms with E-state index in [1.165, 1.54) is 154 Å². The van der Waals surface area contributed by atoms with Gasteiger partial charge in [0, 0.05) is 82.1 Å². The van der Waals surface area contributed by atoms with Crippen molar-refractivity contribution in [2.75, 3.05) is 70.6 Å². The van der Waals surface area contributed by atoms with Crippen molar-refractivity contribution in [1.82, 2.24) is 0 Å². The van der Waals surface area contributed by atoms with Crippen LogP contribution in [0.3, 0.4) is 0 Å². The van der Waals surface area contributed by atoms with Crippen molar-refractivity contribution in [3.63, 3.8) is 0 Å². The molecule has 0 spiro atoms. The third-order valence-corrected chi connectivity index (χ3v) is 21.9. The lowest BCUT2D eigenvalue weighted by Crippen LogP contribution is -2.44. The Morgan fingerprint density at radius 3 is 0.742 bits per heavy atom. The molecule has 0 fully saturated rings. The summed E-state index contributed by atoms with van der Waals surface area (Å²) in [6.45, 7) is 2.72. The Bertz CT molecular complexity index is 895. The van der Waals surface area contributed by atoms with E-state index in [0.717, 1.165) is 12.8 Å². The SMILES string of the molecule is CCCCCCCCCCCCCCCCCCCCCCCCCCCCOC(=O)C(CCC[Si](OC)(OC)OC)(CCC[Si](OC)(OC)OC)CCC[Si](OC)(OC)OC. The summed E-state index contributed by atoms with van der Waals surface area (Å²) in [4.78, 5) is 14.3. The van der Waals surface area contributed by atoms with Gasteiger partial charge in [-0.1, -0.05) is 167 Å². The average molecular weight is 940 g/mol. The van der Waals surface area contributed by atoms with Crippen molar-refractivity contribution in [2.24, 2.45) is 5.41 Å². The molecule has 0 amide bonds. The minimum absolute atomic E-state index is 0.157. The highest BCUT2D eigenvalue weighted by molar-refractivity contribution is 6.61. The second kappa shape index (κ2) is 41.0. The molecule has 62 heavy (non-hydrogen) atoms. The van der Waals surface area contributed by atoms with Gasteiger partial charge in [-0.2, -0.15) is 0 Å². The van der Waals surface area contributed by atoms with E-state index in [1.807, 2.05) is 0 Å². The average Bonchev–Trinajstić information content (AvgIpc) is 3.30. The molecule has 14 heteroatoms. The van der Waals surface area contributed by atoms with Crippen molar-refractivity contribution < 1.29 is 49.4 Å². The van der Waals surface area contributed by atoms with Crippen LogP contribution >= 0.6 is 0 Å². The first-order valence-electron chi connectivity index (χ1n) is 25.3. The van der Waals surface area contributed by atoms with E-state index in [0.29, 0.717) is 63.3 Å². The van der Waals surface area contributed by atoms with Gasteiger partial charge in [-0.15, -0.1) is 0 Å². The number of ether oxygens (including phenoxy) is 1. The molecule has 0 bridgehead atoms. The number of rotatable bonds is 49. The molecule has 0 aromatic rings. The summed E-state index contributed by atoms with van der Waals surface area (Å²) < 4.78 is 57.7. The van der Waals surface area contributed by atoms with Gasteiger partial charge in [0.05, 0.1) is 12.0 Å². The molecule has 0 aliphatic rings. The van der Waals surface area contributed by atoms with Crippen LogP contribution in [0.4, 0.5) is 0 Å². The standard InChI is InChI=1S/C48H102O11Si3/c1-11-12-13-14-15-16-17-18-19-20-21-22-23-24-25-26-27-28-29-30-31-32-33-34-35-36-43-59-47(49)48(40-37-44-60(50-2,51-3)52-4,41-38-45-61(53-5,54-6)55-7)42-39-46-62(56-8,57-9)58-10/h11-46H2,1-10H3. The van der Waals surface area contributed by atoms with Crippen LogP contribution in [0.15, 0.2) is 0 Å². The summed E-state index contributed by atoms with van der Waals surface area (Å²) in [5.41, 5.74) is -0.758. The van der Waals surface area contributed by atoms with Crippen molar-refractivity contribution >= 4 is 32.4 Å². The number of hydrogen-bond acceptors (Lipinski definition) is 11. The molecular formula is C48H102O11Si3. The fourth-order valence-electron chi connectivity index (χ4n) is 9.02. The predicted molar refractivity (Wildman–Crippen MR) is 262 cm³/mol. The molecule has 372 valence electrons. The normalized spacial score (nSPS) is 12.7. The van der Waals surface area contributed by atoms with Crippen LogP contribution in [-0.4, -0.2) is 103 Å². The Hall–Kier alpha value is -0.239. The van der Waals surface area contributed by atoms with Gasteiger partial charge in [-0.05, 0) is 44.9 Å². The Balaban J connectivity index is 4.69. The van der Waals surface area contributed by atoms with E-state index in [-0.39, 0.29) is 5.97 Å². The maximum Gasteiger partial charge on any atom is 0.500 e. The summed E-state index contributed by atoms with van der Waals surface area (Å²) in [6.07, 6.45) is 39.3. The molecule has 0 aliphatic carbocycles. The number of carbonyl (C=O) groups excluding carboxylic acids is 1. The quantitative estimate of drug-likeness (QED) is 0.0330. The van der Waals surface area contributed by atoms with Crippen LogP contribution in [0.1, 0.15) is 212 Å². The minimum atomic E-state index is -2.84. The molecular weight excluding hydrogens is 837 g/mol. The van der Waals surface area contributed by atoms with Crippen LogP contribution < -0.4 is 0 Å². The fourth-order valence-corrected chi connectivity index (χ4v) is 14.2. The zero-order valence-electron chi connectivity index (χ0n) is 42.4. The molecule has 0 atom stereocenters. The summed E-state index contributed by atoms with van der Waals surface area (Å²) >= 11 is 0. The second-order valence-corrected chi connectivity index (χ2v) is 27.0. The zero-order chi connectivity index (χ0) is 46.1. The number of carbonyl (C=O) groups is 1. The van der Waals surface area contributed by atoms with Crippen molar-refractivity contribution in [2.45, 2.75) is 231 Å². The monoisotopic (exact) mass is 939 g/mol. The number of hydrogen-bond donors (Lipinski definition) is 0. The zero-order valence-corrected chi connectivity index (χ0v) is 45.4. The van der Waals surface area contributed by atoms with Gasteiger partial charge in [-0.3, -0.25) is 4.79 Å². The molecule has 0 saturated heterocycles. The lowest BCUT2D eigenvalue weighted by Gasteiger charge is -2.35. The molecule has 0 aliphatic heterocycles.